The van der Waals surface area contributed by atoms with Crippen molar-refractivity contribution in [3.05, 3.63) is 53.8 Å². The number of amides is 1. The Balaban J connectivity index is 1.72. The van der Waals surface area contributed by atoms with Crippen LogP contribution >= 0.6 is 23.5 Å². The third-order valence-corrected chi connectivity index (χ3v) is 6.11. The van der Waals surface area contributed by atoms with Gasteiger partial charge in [0.15, 0.2) is 5.78 Å². The van der Waals surface area contributed by atoms with Crippen molar-refractivity contribution >= 4 is 40.9 Å². The first-order valence-electron chi connectivity index (χ1n) is 8.02. The molecule has 1 amide bonds. The highest BCUT2D eigenvalue weighted by Crippen LogP contribution is 2.34. The normalized spacial score (nSPS) is 13.9. The fraction of sp³-hybridized carbons (Fsp3) is 0.263. The molecule has 1 aliphatic rings. The molecule has 0 aliphatic carbocycles. The van der Waals surface area contributed by atoms with Gasteiger partial charge in [-0.15, -0.1) is 23.5 Å². The summed E-state index contributed by atoms with van der Waals surface area (Å²) in [7, 11) is 0. The molecule has 2 aromatic rings. The summed E-state index contributed by atoms with van der Waals surface area (Å²) >= 11 is 2.93. The minimum absolute atomic E-state index is 0.0324. The van der Waals surface area contributed by atoms with Crippen LogP contribution in [0.3, 0.4) is 0 Å². The Labute approximate surface area is 155 Å². The summed E-state index contributed by atoms with van der Waals surface area (Å²) in [6, 6.07) is 12.3. The first kappa shape index (κ1) is 18.0. The number of anilines is 1. The lowest BCUT2D eigenvalue weighted by Crippen LogP contribution is -2.33. The first-order chi connectivity index (χ1) is 12.1. The van der Waals surface area contributed by atoms with Crippen LogP contribution < -0.4 is 4.90 Å². The van der Waals surface area contributed by atoms with Crippen molar-refractivity contribution in [1.29, 1.82) is 0 Å². The van der Waals surface area contributed by atoms with Gasteiger partial charge in [-0.3, -0.25) is 9.59 Å². The number of para-hydroxylation sites is 1. The predicted octanol–water partition coefficient (Wildman–Crippen LogP) is 4.65. The summed E-state index contributed by atoms with van der Waals surface area (Å²) in [6.07, 6.45) is 0.928. The van der Waals surface area contributed by atoms with Gasteiger partial charge in [-0.2, -0.15) is 0 Å². The Hall–Kier alpha value is -1.79. The van der Waals surface area contributed by atoms with E-state index in [9.17, 15) is 14.0 Å². The van der Waals surface area contributed by atoms with Gasteiger partial charge in [0.05, 0.1) is 11.4 Å². The van der Waals surface area contributed by atoms with Gasteiger partial charge in [0.25, 0.3) is 0 Å². The second kappa shape index (κ2) is 8.06. The summed E-state index contributed by atoms with van der Waals surface area (Å²) in [4.78, 5) is 27.3. The molecule has 3 rings (SSSR count). The van der Waals surface area contributed by atoms with Gasteiger partial charge in [0, 0.05) is 21.9 Å². The number of hydrogen-bond donors (Lipinski definition) is 0. The van der Waals surface area contributed by atoms with Crippen LogP contribution in [0.15, 0.2) is 52.3 Å². The molecule has 0 aromatic heterocycles. The molecule has 0 saturated heterocycles. The van der Waals surface area contributed by atoms with Crippen LogP contribution in [0.5, 0.6) is 0 Å². The number of hydrogen-bond acceptors (Lipinski definition) is 4. The molecule has 0 saturated carbocycles. The lowest BCUT2D eigenvalue weighted by Gasteiger charge is -2.22. The number of halogens is 1. The Morgan fingerprint density at radius 2 is 2.04 bits per heavy atom. The number of fused-ring (bicyclic) bond motifs is 1. The molecular formula is C19H18FNO2S2. The van der Waals surface area contributed by atoms with E-state index < -0.39 is 5.82 Å². The summed E-state index contributed by atoms with van der Waals surface area (Å²) < 4.78 is 14.1. The Kier molecular flexibility index (Phi) is 5.81. The molecule has 0 spiro atoms. The van der Waals surface area contributed by atoms with Crippen molar-refractivity contribution in [2.75, 3.05) is 23.0 Å². The zero-order valence-electron chi connectivity index (χ0n) is 13.8. The molecule has 3 nitrogen and oxygen atoms in total. The highest BCUT2D eigenvalue weighted by atomic mass is 32.2. The zero-order chi connectivity index (χ0) is 17.8. The Morgan fingerprint density at radius 1 is 1.24 bits per heavy atom. The topological polar surface area (TPSA) is 37.4 Å². The van der Waals surface area contributed by atoms with E-state index in [1.165, 1.54) is 24.8 Å². The number of carbonyl (C=O) groups excluding carboxylic acids is 2. The van der Waals surface area contributed by atoms with Gasteiger partial charge in [0.1, 0.15) is 5.82 Å². The molecule has 25 heavy (non-hydrogen) atoms. The van der Waals surface area contributed by atoms with Gasteiger partial charge >= 0.3 is 0 Å². The highest BCUT2D eigenvalue weighted by molar-refractivity contribution is 8.00. The lowest BCUT2D eigenvalue weighted by molar-refractivity contribution is -0.116. The number of thioether (sulfide) groups is 2. The van der Waals surface area contributed by atoms with E-state index in [0.717, 1.165) is 22.8 Å². The van der Waals surface area contributed by atoms with Crippen molar-refractivity contribution < 1.29 is 14.0 Å². The van der Waals surface area contributed by atoms with Crippen molar-refractivity contribution in [3.63, 3.8) is 0 Å². The first-order valence-corrected chi connectivity index (χ1v) is 9.99. The minimum atomic E-state index is -0.461. The fourth-order valence-corrected chi connectivity index (χ4v) is 4.43. The molecule has 0 N–H and O–H groups in total. The van der Waals surface area contributed by atoms with Gasteiger partial charge < -0.3 is 4.90 Å². The Bertz CT molecular complexity index is 810. The van der Waals surface area contributed by atoms with E-state index in [0.29, 0.717) is 17.0 Å². The maximum atomic E-state index is 14.1. The summed E-state index contributed by atoms with van der Waals surface area (Å²) in [6.45, 7) is 2.08. The molecule has 0 radical (unpaired) electrons. The second-order valence-corrected chi connectivity index (χ2v) is 7.86. The van der Waals surface area contributed by atoms with Crippen LogP contribution in [0.25, 0.3) is 0 Å². The molecule has 0 unspecified atom stereocenters. The minimum Gasteiger partial charge on any atom is -0.311 e. The molecule has 0 fully saturated rings. The van der Waals surface area contributed by atoms with Crippen LogP contribution in [0.2, 0.25) is 0 Å². The maximum absolute atomic E-state index is 14.1. The largest absolute Gasteiger partial charge is 0.311 e. The average Bonchev–Trinajstić information content (AvgIpc) is 2.82. The number of rotatable bonds is 4. The molecule has 130 valence electrons. The van der Waals surface area contributed by atoms with Crippen LogP contribution in [-0.4, -0.2) is 29.7 Å². The van der Waals surface area contributed by atoms with Gasteiger partial charge in [-0.25, -0.2) is 4.39 Å². The van der Waals surface area contributed by atoms with Crippen molar-refractivity contribution in [3.8, 4) is 0 Å². The van der Waals surface area contributed by atoms with E-state index in [-0.39, 0.29) is 17.4 Å². The molecule has 1 heterocycles. The predicted molar refractivity (Wildman–Crippen MR) is 101 cm³/mol. The summed E-state index contributed by atoms with van der Waals surface area (Å²) in [5, 5.41) is 0. The number of carbonyl (C=O) groups is 2. The highest BCUT2D eigenvalue weighted by Gasteiger charge is 2.21. The lowest BCUT2D eigenvalue weighted by atomic mass is 10.1. The smallest absolute Gasteiger partial charge is 0.237 e. The molecule has 2 aromatic carbocycles. The average molecular weight is 375 g/mol. The van der Waals surface area contributed by atoms with E-state index in [4.69, 9.17) is 0 Å². The standard InChI is InChI=1S/C19H18FNO2S2/c1-13(22)14-7-8-17(15(20)11-14)25-12-19(23)21-9-4-10-24-18-6-3-2-5-16(18)21/h2-3,5-8,11H,4,9-10,12H2,1H3. The third-order valence-electron chi connectivity index (χ3n) is 3.93. The van der Waals surface area contributed by atoms with Crippen LogP contribution in [-0.2, 0) is 4.79 Å². The second-order valence-electron chi connectivity index (χ2n) is 5.71. The van der Waals surface area contributed by atoms with Gasteiger partial charge in [-0.1, -0.05) is 18.2 Å². The van der Waals surface area contributed by atoms with Gasteiger partial charge in [0.2, 0.25) is 5.91 Å². The monoisotopic (exact) mass is 375 g/mol. The zero-order valence-corrected chi connectivity index (χ0v) is 15.5. The fourth-order valence-electron chi connectivity index (χ4n) is 2.64. The van der Waals surface area contributed by atoms with Crippen molar-refractivity contribution in [2.45, 2.75) is 23.1 Å². The number of ketones is 1. The van der Waals surface area contributed by atoms with Crippen LogP contribution in [0.1, 0.15) is 23.7 Å². The molecule has 6 heteroatoms. The number of Topliss-reactive ketones (excluding diaryl/α,β-unsaturated/α-hetero) is 1. The molecule has 0 bridgehead atoms. The van der Waals surface area contributed by atoms with E-state index >= 15 is 0 Å². The summed E-state index contributed by atoms with van der Waals surface area (Å²) in [5.74, 6) is 0.474. The van der Waals surface area contributed by atoms with Crippen LogP contribution in [0, 0.1) is 5.82 Å². The molecule has 0 atom stereocenters. The molecular weight excluding hydrogens is 357 g/mol. The maximum Gasteiger partial charge on any atom is 0.237 e. The SMILES string of the molecule is CC(=O)c1ccc(SCC(=O)N2CCCSc3ccccc32)c(F)c1. The van der Waals surface area contributed by atoms with E-state index in [2.05, 4.69) is 0 Å². The Morgan fingerprint density at radius 3 is 2.80 bits per heavy atom. The third kappa shape index (κ3) is 4.25. The van der Waals surface area contributed by atoms with Gasteiger partial charge in [-0.05, 0) is 43.4 Å². The van der Waals surface area contributed by atoms with E-state index in [1.807, 2.05) is 24.3 Å². The van der Waals surface area contributed by atoms with Crippen molar-refractivity contribution in [2.24, 2.45) is 0 Å². The number of benzene rings is 2. The molecule has 1 aliphatic heterocycles. The number of nitrogens with zero attached hydrogens (tertiary/aromatic N) is 1. The van der Waals surface area contributed by atoms with Crippen molar-refractivity contribution in [1.82, 2.24) is 0 Å². The van der Waals surface area contributed by atoms with Crippen LogP contribution in [0.4, 0.5) is 10.1 Å². The quantitative estimate of drug-likeness (QED) is 0.576. The van der Waals surface area contributed by atoms with E-state index in [1.54, 1.807) is 28.8 Å². The summed E-state index contributed by atoms with van der Waals surface area (Å²) in [5.41, 5.74) is 1.27.